The van der Waals surface area contributed by atoms with Crippen LogP contribution in [0, 0.1) is 0 Å². The van der Waals surface area contributed by atoms with Gasteiger partial charge in [0, 0.05) is 5.56 Å². The number of nitrogens with zero attached hydrogens (tertiary/aromatic N) is 1. The van der Waals surface area contributed by atoms with Crippen molar-refractivity contribution in [1.29, 1.82) is 0 Å². The van der Waals surface area contributed by atoms with Crippen LogP contribution >= 0.6 is 0 Å². The molecule has 6 heteroatoms. The van der Waals surface area contributed by atoms with Gasteiger partial charge in [0.2, 0.25) is 0 Å². The standard InChI is InChI=1S/C19H21N3O3/c1-2-8-25-19(23)22-7-9-24-18-6-4-13(10-15(18)12-22)14-3-5-16(20)17(21)11-14/h2-6,10-11H,1,7-9,12,20-21H2. The van der Waals surface area contributed by atoms with Gasteiger partial charge in [-0.3, -0.25) is 0 Å². The molecule has 1 heterocycles. The van der Waals surface area contributed by atoms with Gasteiger partial charge in [0.05, 0.1) is 24.5 Å². The van der Waals surface area contributed by atoms with Crippen molar-refractivity contribution in [3.8, 4) is 16.9 Å². The number of hydrogen-bond donors (Lipinski definition) is 2. The van der Waals surface area contributed by atoms with Crippen molar-refractivity contribution in [3.63, 3.8) is 0 Å². The van der Waals surface area contributed by atoms with Crippen LogP contribution in [0.25, 0.3) is 11.1 Å². The summed E-state index contributed by atoms with van der Waals surface area (Å²) in [7, 11) is 0. The Bertz CT molecular complexity index is 804. The molecule has 130 valence electrons. The minimum Gasteiger partial charge on any atom is -0.491 e. The molecular weight excluding hydrogens is 318 g/mol. The third-order valence-electron chi connectivity index (χ3n) is 4.04. The van der Waals surface area contributed by atoms with Gasteiger partial charge in [-0.15, -0.1) is 0 Å². The maximum absolute atomic E-state index is 12.1. The zero-order chi connectivity index (χ0) is 17.8. The van der Waals surface area contributed by atoms with Crippen LogP contribution in [0.15, 0.2) is 49.1 Å². The molecule has 0 fully saturated rings. The highest BCUT2D eigenvalue weighted by Crippen LogP contribution is 2.31. The molecule has 0 atom stereocenters. The van der Waals surface area contributed by atoms with Gasteiger partial charge in [0.25, 0.3) is 0 Å². The number of rotatable bonds is 3. The first-order valence-corrected chi connectivity index (χ1v) is 8.02. The van der Waals surface area contributed by atoms with E-state index < -0.39 is 0 Å². The molecule has 0 bridgehead atoms. The lowest BCUT2D eigenvalue weighted by Crippen LogP contribution is -2.33. The van der Waals surface area contributed by atoms with Gasteiger partial charge in [-0.1, -0.05) is 24.8 Å². The van der Waals surface area contributed by atoms with Gasteiger partial charge in [0.15, 0.2) is 0 Å². The SMILES string of the molecule is C=CCOC(=O)N1CCOc2ccc(-c3ccc(N)c(N)c3)cc2C1. The molecule has 0 aliphatic carbocycles. The largest absolute Gasteiger partial charge is 0.491 e. The molecule has 1 amide bonds. The predicted molar refractivity (Wildman–Crippen MR) is 98.2 cm³/mol. The number of amides is 1. The molecule has 0 aromatic heterocycles. The van der Waals surface area contributed by atoms with Crippen LogP contribution in [0.2, 0.25) is 0 Å². The van der Waals surface area contributed by atoms with Crippen molar-refractivity contribution in [2.45, 2.75) is 6.54 Å². The van der Waals surface area contributed by atoms with Gasteiger partial charge < -0.3 is 25.8 Å². The molecule has 3 rings (SSSR count). The van der Waals surface area contributed by atoms with Crippen LogP contribution < -0.4 is 16.2 Å². The third kappa shape index (κ3) is 3.68. The second kappa shape index (κ2) is 7.17. The van der Waals surface area contributed by atoms with Crippen molar-refractivity contribution in [3.05, 3.63) is 54.6 Å². The van der Waals surface area contributed by atoms with Gasteiger partial charge in [-0.25, -0.2) is 4.79 Å². The first kappa shape index (κ1) is 16.7. The van der Waals surface area contributed by atoms with Gasteiger partial charge >= 0.3 is 6.09 Å². The Labute approximate surface area is 146 Å². The third-order valence-corrected chi connectivity index (χ3v) is 4.04. The Morgan fingerprint density at radius 1 is 1.20 bits per heavy atom. The van der Waals surface area contributed by atoms with Crippen molar-refractivity contribution in [2.24, 2.45) is 0 Å². The van der Waals surface area contributed by atoms with E-state index in [1.165, 1.54) is 0 Å². The maximum atomic E-state index is 12.1. The number of hydrogen-bond acceptors (Lipinski definition) is 5. The zero-order valence-corrected chi connectivity index (χ0v) is 13.9. The number of anilines is 2. The number of benzene rings is 2. The number of ether oxygens (including phenoxy) is 2. The van der Waals surface area contributed by atoms with E-state index in [2.05, 4.69) is 6.58 Å². The number of nitrogen functional groups attached to an aromatic ring is 2. The Hall–Kier alpha value is -3.15. The Kier molecular flexibility index (Phi) is 4.79. The first-order chi connectivity index (χ1) is 12.1. The van der Waals surface area contributed by atoms with Crippen molar-refractivity contribution >= 4 is 17.5 Å². The zero-order valence-electron chi connectivity index (χ0n) is 13.9. The van der Waals surface area contributed by atoms with E-state index in [1.54, 1.807) is 17.0 Å². The van der Waals surface area contributed by atoms with Gasteiger partial charge in [0.1, 0.15) is 19.0 Å². The number of carbonyl (C=O) groups excluding carboxylic acids is 1. The van der Waals surface area contributed by atoms with Crippen LogP contribution in [-0.4, -0.2) is 30.8 Å². The highest BCUT2D eigenvalue weighted by Gasteiger charge is 2.21. The van der Waals surface area contributed by atoms with Crippen LogP contribution in [0.5, 0.6) is 5.75 Å². The normalized spacial score (nSPS) is 13.4. The summed E-state index contributed by atoms with van der Waals surface area (Å²) in [6.07, 6.45) is 1.17. The fourth-order valence-electron chi connectivity index (χ4n) is 2.71. The number of nitrogens with two attached hydrogens (primary N) is 2. The summed E-state index contributed by atoms with van der Waals surface area (Å²) in [6, 6.07) is 11.4. The lowest BCUT2D eigenvalue weighted by atomic mass is 10.0. The highest BCUT2D eigenvalue weighted by molar-refractivity contribution is 5.75. The summed E-state index contributed by atoms with van der Waals surface area (Å²) >= 11 is 0. The molecule has 6 nitrogen and oxygen atoms in total. The van der Waals surface area contributed by atoms with E-state index in [1.807, 2.05) is 30.3 Å². The van der Waals surface area contributed by atoms with Crippen LogP contribution in [0.4, 0.5) is 16.2 Å². The average molecular weight is 339 g/mol. The van der Waals surface area contributed by atoms with Crippen LogP contribution in [0.1, 0.15) is 5.56 Å². The fourth-order valence-corrected chi connectivity index (χ4v) is 2.71. The monoisotopic (exact) mass is 339 g/mol. The molecule has 2 aromatic carbocycles. The lowest BCUT2D eigenvalue weighted by molar-refractivity contribution is 0.107. The summed E-state index contributed by atoms with van der Waals surface area (Å²) in [4.78, 5) is 13.7. The van der Waals surface area contributed by atoms with E-state index in [-0.39, 0.29) is 12.7 Å². The lowest BCUT2D eigenvalue weighted by Gasteiger charge is -2.19. The smallest absolute Gasteiger partial charge is 0.410 e. The molecule has 25 heavy (non-hydrogen) atoms. The summed E-state index contributed by atoms with van der Waals surface area (Å²) < 4.78 is 10.9. The molecule has 1 aliphatic rings. The number of carbonyl (C=O) groups is 1. The van der Waals surface area contributed by atoms with E-state index >= 15 is 0 Å². The second-order valence-electron chi connectivity index (χ2n) is 5.80. The summed E-state index contributed by atoms with van der Waals surface area (Å²) in [5.74, 6) is 0.770. The molecule has 2 aromatic rings. The molecule has 4 N–H and O–H groups in total. The molecule has 0 saturated carbocycles. The Morgan fingerprint density at radius 2 is 1.96 bits per heavy atom. The van der Waals surface area contributed by atoms with Crippen molar-refractivity contribution in [1.82, 2.24) is 4.90 Å². The van der Waals surface area contributed by atoms with Crippen LogP contribution in [0.3, 0.4) is 0 Å². The molecule has 0 radical (unpaired) electrons. The topological polar surface area (TPSA) is 90.8 Å². The molecule has 0 unspecified atom stereocenters. The van der Waals surface area contributed by atoms with E-state index in [0.29, 0.717) is 31.1 Å². The Morgan fingerprint density at radius 3 is 2.72 bits per heavy atom. The van der Waals surface area contributed by atoms with E-state index in [0.717, 1.165) is 22.4 Å². The van der Waals surface area contributed by atoms with E-state index in [9.17, 15) is 4.79 Å². The molecule has 1 aliphatic heterocycles. The molecule has 0 spiro atoms. The summed E-state index contributed by atoms with van der Waals surface area (Å²) in [5, 5.41) is 0. The maximum Gasteiger partial charge on any atom is 0.410 e. The second-order valence-corrected chi connectivity index (χ2v) is 5.80. The van der Waals surface area contributed by atoms with Gasteiger partial charge in [-0.2, -0.15) is 0 Å². The van der Waals surface area contributed by atoms with Crippen molar-refractivity contribution in [2.75, 3.05) is 31.2 Å². The summed E-state index contributed by atoms with van der Waals surface area (Å²) in [6.45, 7) is 5.05. The molecular formula is C19H21N3O3. The minimum atomic E-state index is -0.376. The quantitative estimate of drug-likeness (QED) is 0.662. The highest BCUT2D eigenvalue weighted by atomic mass is 16.6. The minimum absolute atomic E-state index is 0.188. The predicted octanol–water partition coefficient (Wildman–Crippen LogP) is 3.04. The van der Waals surface area contributed by atoms with Gasteiger partial charge in [-0.05, 0) is 35.4 Å². The Balaban J connectivity index is 1.87. The van der Waals surface area contributed by atoms with Crippen LogP contribution in [-0.2, 0) is 11.3 Å². The van der Waals surface area contributed by atoms with E-state index in [4.69, 9.17) is 20.9 Å². The molecule has 0 saturated heterocycles. The average Bonchev–Trinajstić information content (AvgIpc) is 2.83. The fraction of sp³-hybridized carbons (Fsp3) is 0.211. The first-order valence-electron chi connectivity index (χ1n) is 8.02. The van der Waals surface area contributed by atoms with Crippen molar-refractivity contribution < 1.29 is 14.3 Å². The number of fused-ring (bicyclic) bond motifs is 1. The summed E-state index contributed by atoms with van der Waals surface area (Å²) in [5.41, 5.74) is 15.6.